The Balaban J connectivity index is 2.98. The summed E-state index contributed by atoms with van der Waals surface area (Å²) in [4.78, 5) is 5.68. The lowest BCUT2D eigenvalue weighted by Gasteiger charge is -2.37. The minimum absolute atomic E-state index is 0.340. The van der Waals surface area contributed by atoms with Crippen molar-refractivity contribution >= 4 is 17.9 Å². The fourth-order valence-electron chi connectivity index (χ4n) is 1.67. The average molecular weight is 311 g/mol. The van der Waals surface area contributed by atoms with Crippen molar-refractivity contribution < 1.29 is 9.84 Å². The predicted molar refractivity (Wildman–Crippen MR) is 87.8 cm³/mol. The molecule has 5 heteroatoms. The minimum Gasteiger partial charge on any atom is -0.468 e. The van der Waals surface area contributed by atoms with E-state index in [1.165, 1.54) is 6.20 Å². The number of halogens is 1. The molecular weight excluding hydrogens is 288 g/mol. The molecule has 0 fully saturated rings. The van der Waals surface area contributed by atoms with Crippen LogP contribution >= 0.6 is 11.6 Å². The van der Waals surface area contributed by atoms with Gasteiger partial charge in [0.15, 0.2) is 6.23 Å². The predicted octanol–water partition coefficient (Wildman–Crippen LogP) is 3.56. The fraction of sp³-hybridized carbons (Fsp3) is 0.438. The molecule has 1 aromatic carbocycles. The van der Waals surface area contributed by atoms with Crippen molar-refractivity contribution in [3.05, 3.63) is 42.1 Å². The number of rotatable bonds is 6. The highest BCUT2D eigenvalue weighted by atomic mass is 35.5. The van der Waals surface area contributed by atoms with Gasteiger partial charge in [-0.05, 0) is 29.7 Å². The van der Waals surface area contributed by atoms with Gasteiger partial charge in [0, 0.05) is 18.3 Å². The monoisotopic (exact) mass is 310 g/mol. The SMILES string of the molecule is C=CN=CN(C)C(Oc1ccc(Cl)cc1)C(O)C(C)(C)C. The molecule has 0 radical (unpaired) electrons. The minimum atomic E-state index is -0.713. The van der Waals surface area contributed by atoms with Gasteiger partial charge in [-0.15, -0.1) is 0 Å². The Hall–Kier alpha value is -1.52. The van der Waals surface area contributed by atoms with Gasteiger partial charge >= 0.3 is 0 Å². The average Bonchev–Trinajstić information content (AvgIpc) is 2.42. The number of ether oxygens (including phenoxy) is 1. The van der Waals surface area contributed by atoms with Gasteiger partial charge in [0.2, 0.25) is 0 Å². The molecule has 0 saturated heterocycles. The molecule has 2 atom stereocenters. The van der Waals surface area contributed by atoms with E-state index in [4.69, 9.17) is 16.3 Å². The first kappa shape index (κ1) is 17.5. The summed E-state index contributed by atoms with van der Waals surface area (Å²) < 4.78 is 5.91. The van der Waals surface area contributed by atoms with Gasteiger partial charge < -0.3 is 14.7 Å². The summed E-state index contributed by atoms with van der Waals surface area (Å²) in [5.74, 6) is 0.631. The Morgan fingerprint density at radius 1 is 1.33 bits per heavy atom. The summed E-state index contributed by atoms with van der Waals surface area (Å²) in [6, 6.07) is 7.02. The molecule has 1 N–H and O–H groups in total. The molecule has 0 amide bonds. The van der Waals surface area contributed by atoms with Crippen LogP contribution in [0, 0.1) is 5.41 Å². The van der Waals surface area contributed by atoms with Gasteiger partial charge in [-0.2, -0.15) is 0 Å². The zero-order chi connectivity index (χ0) is 16.0. The third kappa shape index (κ3) is 5.40. The van der Waals surface area contributed by atoms with Crippen LogP contribution in [0.15, 0.2) is 42.0 Å². The highest BCUT2D eigenvalue weighted by Gasteiger charge is 2.34. The van der Waals surface area contributed by atoms with E-state index >= 15 is 0 Å². The van der Waals surface area contributed by atoms with Crippen LogP contribution in [0.2, 0.25) is 5.02 Å². The van der Waals surface area contributed by atoms with Crippen molar-refractivity contribution in [2.75, 3.05) is 7.05 Å². The molecule has 1 aromatic rings. The number of nitrogens with zero attached hydrogens (tertiary/aromatic N) is 2. The van der Waals surface area contributed by atoms with E-state index in [-0.39, 0.29) is 5.41 Å². The molecule has 2 unspecified atom stereocenters. The topological polar surface area (TPSA) is 45.1 Å². The molecule has 0 heterocycles. The number of aliphatic imine (C=N–C) groups is 1. The lowest BCUT2D eigenvalue weighted by atomic mass is 9.87. The molecule has 0 saturated carbocycles. The van der Waals surface area contributed by atoms with Crippen LogP contribution < -0.4 is 4.74 Å². The first-order valence-corrected chi connectivity index (χ1v) is 7.10. The van der Waals surface area contributed by atoms with Gasteiger partial charge in [-0.25, -0.2) is 4.99 Å². The molecule has 0 bridgehead atoms. The van der Waals surface area contributed by atoms with E-state index in [2.05, 4.69) is 11.6 Å². The summed E-state index contributed by atoms with van der Waals surface area (Å²) in [5, 5.41) is 11.2. The molecule has 0 aromatic heterocycles. The van der Waals surface area contributed by atoms with Crippen LogP contribution in [0.25, 0.3) is 0 Å². The molecular formula is C16H23ClN2O2. The smallest absolute Gasteiger partial charge is 0.199 e. The van der Waals surface area contributed by atoms with Crippen molar-refractivity contribution in [2.45, 2.75) is 33.1 Å². The van der Waals surface area contributed by atoms with Gasteiger partial charge in [0.25, 0.3) is 0 Å². The number of aliphatic hydroxyl groups excluding tert-OH is 1. The van der Waals surface area contributed by atoms with Crippen LogP contribution in [-0.2, 0) is 0 Å². The van der Waals surface area contributed by atoms with E-state index in [1.807, 2.05) is 20.8 Å². The van der Waals surface area contributed by atoms with E-state index in [0.717, 1.165) is 0 Å². The maximum atomic E-state index is 10.6. The third-order valence-corrected chi connectivity index (χ3v) is 3.24. The van der Waals surface area contributed by atoms with Crippen molar-refractivity contribution in [3.63, 3.8) is 0 Å². The fourth-order valence-corrected chi connectivity index (χ4v) is 1.79. The van der Waals surface area contributed by atoms with Crippen molar-refractivity contribution in [1.29, 1.82) is 0 Å². The quantitative estimate of drug-likeness (QED) is 0.496. The van der Waals surface area contributed by atoms with E-state index < -0.39 is 12.3 Å². The van der Waals surface area contributed by atoms with Gasteiger partial charge in [0.1, 0.15) is 11.9 Å². The van der Waals surface area contributed by atoms with Crippen molar-refractivity contribution in [3.8, 4) is 5.75 Å². The van der Waals surface area contributed by atoms with E-state index in [9.17, 15) is 5.11 Å². The van der Waals surface area contributed by atoms with Crippen molar-refractivity contribution in [2.24, 2.45) is 10.4 Å². The molecule has 21 heavy (non-hydrogen) atoms. The molecule has 1 rings (SSSR count). The van der Waals surface area contributed by atoms with Crippen molar-refractivity contribution in [1.82, 2.24) is 4.90 Å². The van der Waals surface area contributed by atoms with Crippen LogP contribution in [-0.4, -0.2) is 35.7 Å². The van der Waals surface area contributed by atoms with E-state index in [1.54, 1.807) is 42.6 Å². The summed E-state index contributed by atoms with van der Waals surface area (Å²) >= 11 is 5.87. The molecule has 0 aliphatic rings. The standard InChI is InChI=1S/C16H23ClN2O2/c1-6-18-11-19(5)15(14(20)16(2,3)4)21-13-9-7-12(17)8-10-13/h6-11,14-15,20H,1H2,2-5H3. The lowest BCUT2D eigenvalue weighted by Crippen LogP contribution is -2.50. The molecule has 0 aliphatic heterocycles. The zero-order valence-electron chi connectivity index (χ0n) is 13.0. The van der Waals surface area contributed by atoms with E-state index in [0.29, 0.717) is 10.8 Å². The summed E-state index contributed by atoms with van der Waals surface area (Å²) in [5.41, 5.74) is -0.340. The van der Waals surface area contributed by atoms with Crippen LogP contribution in [0.1, 0.15) is 20.8 Å². The molecule has 116 valence electrons. The maximum Gasteiger partial charge on any atom is 0.199 e. The highest BCUT2D eigenvalue weighted by Crippen LogP contribution is 2.26. The lowest BCUT2D eigenvalue weighted by molar-refractivity contribution is -0.0762. The summed E-state index contributed by atoms with van der Waals surface area (Å²) in [6.45, 7) is 9.39. The Labute approximate surface area is 131 Å². The molecule has 0 spiro atoms. The van der Waals surface area contributed by atoms with Gasteiger partial charge in [-0.1, -0.05) is 39.0 Å². The number of likely N-dealkylation sites (N-methyl/N-ethyl adjacent to an activating group) is 1. The van der Waals surface area contributed by atoms with Crippen LogP contribution in [0.3, 0.4) is 0 Å². The Morgan fingerprint density at radius 2 is 1.90 bits per heavy atom. The Bertz CT molecular complexity index is 480. The number of aliphatic hydroxyl groups is 1. The molecule has 0 aliphatic carbocycles. The first-order valence-electron chi connectivity index (χ1n) is 6.72. The first-order chi connectivity index (χ1) is 9.75. The summed E-state index contributed by atoms with van der Waals surface area (Å²) in [6.07, 6.45) is 1.71. The second-order valence-electron chi connectivity index (χ2n) is 5.89. The highest BCUT2D eigenvalue weighted by molar-refractivity contribution is 6.30. The third-order valence-electron chi connectivity index (χ3n) is 2.98. The van der Waals surface area contributed by atoms with Gasteiger partial charge in [0.05, 0.1) is 6.34 Å². The second kappa shape index (κ2) is 7.48. The Kier molecular flexibility index (Phi) is 6.24. The summed E-state index contributed by atoms with van der Waals surface area (Å²) in [7, 11) is 1.79. The Morgan fingerprint density at radius 3 is 2.38 bits per heavy atom. The second-order valence-corrected chi connectivity index (χ2v) is 6.32. The number of benzene rings is 1. The van der Waals surface area contributed by atoms with Crippen LogP contribution in [0.4, 0.5) is 0 Å². The van der Waals surface area contributed by atoms with Gasteiger partial charge in [-0.3, -0.25) is 0 Å². The maximum absolute atomic E-state index is 10.6. The largest absolute Gasteiger partial charge is 0.468 e. The zero-order valence-corrected chi connectivity index (χ0v) is 13.7. The normalized spacial score (nSPS) is 14.8. The number of hydrogen-bond acceptors (Lipinski definition) is 3. The van der Waals surface area contributed by atoms with Crippen LogP contribution in [0.5, 0.6) is 5.75 Å². The number of hydrogen-bond donors (Lipinski definition) is 1. The molecule has 4 nitrogen and oxygen atoms in total.